The van der Waals surface area contributed by atoms with E-state index < -0.39 is 5.79 Å². The van der Waals surface area contributed by atoms with E-state index in [-0.39, 0.29) is 12.2 Å². The van der Waals surface area contributed by atoms with E-state index >= 15 is 0 Å². The molecule has 1 fully saturated rings. The highest BCUT2D eigenvalue weighted by atomic mass is 16.8. The van der Waals surface area contributed by atoms with Crippen LogP contribution in [0.15, 0.2) is 29.4 Å². The molecule has 0 aliphatic carbocycles. The van der Waals surface area contributed by atoms with E-state index in [2.05, 4.69) is 39.2 Å². The third-order valence-corrected chi connectivity index (χ3v) is 4.26. The second kappa shape index (κ2) is 6.26. The molecule has 0 spiro atoms. The van der Waals surface area contributed by atoms with Crippen molar-refractivity contribution in [1.29, 1.82) is 0 Å². The van der Waals surface area contributed by atoms with E-state index in [4.69, 9.17) is 15.0 Å². The zero-order valence-corrected chi connectivity index (χ0v) is 13.1. The normalized spacial score (nSPS) is 27.2. The number of azide groups is 1. The van der Waals surface area contributed by atoms with Gasteiger partial charge < -0.3 is 9.47 Å². The molecule has 0 saturated carbocycles. The molecular weight excluding hydrogens is 280 g/mol. The van der Waals surface area contributed by atoms with E-state index in [9.17, 15) is 0 Å². The van der Waals surface area contributed by atoms with Gasteiger partial charge in [0.2, 0.25) is 0 Å². The minimum atomic E-state index is -0.617. The largest absolute Gasteiger partial charge is 0.344 e. The molecule has 1 aromatic carbocycles. The van der Waals surface area contributed by atoms with Gasteiger partial charge in [0.05, 0.1) is 18.8 Å². The SMILES string of the molecule is CC1(C)O[C@@H](CN=[N+]=[N-])[C@H](CN2CCc3ccccc3C2)O1. The summed E-state index contributed by atoms with van der Waals surface area (Å²) in [6.07, 6.45) is 0.822. The van der Waals surface area contributed by atoms with Crippen molar-refractivity contribution in [2.75, 3.05) is 19.6 Å². The fourth-order valence-corrected chi connectivity index (χ4v) is 3.30. The number of hydrogen-bond acceptors (Lipinski definition) is 4. The third-order valence-electron chi connectivity index (χ3n) is 4.26. The number of fused-ring (bicyclic) bond motifs is 1. The van der Waals surface area contributed by atoms with Crippen molar-refractivity contribution in [3.05, 3.63) is 45.8 Å². The summed E-state index contributed by atoms with van der Waals surface area (Å²) in [5.74, 6) is -0.617. The molecule has 0 bridgehead atoms. The predicted octanol–water partition coefficient (Wildman–Crippen LogP) is 2.88. The highest BCUT2D eigenvalue weighted by Gasteiger charge is 2.41. The van der Waals surface area contributed by atoms with Gasteiger partial charge in [-0.15, -0.1) is 0 Å². The zero-order chi connectivity index (χ0) is 15.6. The van der Waals surface area contributed by atoms with Gasteiger partial charge in [-0.25, -0.2) is 0 Å². The Morgan fingerprint density at radius 3 is 2.77 bits per heavy atom. The van der Waals surface area contributed by atoms with Crippen molar-refractivity contribution in [1.82, 2.24) is 4.90 Å². The smallest absolute Gasteiger partial charge is 0.163 e. The molecule has 2 atom stereocenters. The molecule has 0 N–H and O–H groups in total. The lowest BCUT2D eigenvalue weighted by Crippen LogP contribution is -2.41. The standard InChI is InChI=1S/C16H22N4O2/c1-16(2)21-14(9-18-19-17)15(22-16)11-20-8-7-12-5-3-4-6-13(12)10-20/h3-6,14-15H,7-11H2,1-2H3/t14-,15-/m0/s1. The lowest BCUT2D eigenvalue weighted by atomic mass is 9.99. The topological polar surface area (TPSA) is 70.5 Å². The Morgan fingerprint density at radius 1 is 1.27 bits per heavy atom. The van der Waals surface area contributed by atoms with Crippen LogP contribution in [-0.4, -0.2) is 42.5 Å². The molecule has 0 radical (unpaired) electrons. The van der Waals surface area contributed by atoms with Crippen LogP contribution in [0.2, 0.25) is 0 Å². The minimum Gasteiger partial charge on any atom is -0.344 e. The van der Waals surface area contributed by atoms with Gasteiger partial charge >= 0.3 is 0 Å². The summed E-state index contributed by atoms with van der Waals surface area (Å²) in [5.41, 5.74) is 11.4. The van der Waals surface area contributed by atoms with Crippen molar-refractivity contribution in [2.24, 2.45) is 5.11 Å². The molecule has 1 aromatic rings. The van der Waals surface area contributed by atoms with E-state index in [0.29, 0.717) is 6.54 Å². The summed E-state index contributed by atoms with van der Waals surface area (Å²) < 4.78 is 11.9. The van der Waals surface area contributed by atoms with Crippen molar-refractivity contribution in [3.8, 4) is 0 Å². The van der Waals surface area contributed by atoms with E-state index in [1.54, 1.807) is 0 Å². The first kappa shape index (κ1) is 15.3. The first-order valence-electron chi connectivity index (χ1n) is 7.73. The molecular formula is C16H22N4O2. The van der Waals surface area contributed by atoms with Gasteiger partial charge in [-0.05, 0) is 36.9 Å². The number of rotatable bonds is 4. The highest BCUT2D eigenvalue weighted by Crippen LogP contribution is 2.30. The Bertz CT molecular complexity index is 583. The van der Waals surface area contributed by atoms with Gasteiger partial charge in [-0.2, -0.15) is 0 Å². The zero-order valence-electron chi connectivity index (χ0n) is 13.1. The van der Waals surface area contributed by atoms with E-state index in [0.717, 1.165) is 26.1 Å². The van der Waals surface area contributed by atoms with Crippen molar-refractivity contribution in [3.63, 3.8) is 0 Å². The van der Waals surface area contributed by atoms with E-state index in [1.165, 1.54) is 11.1 Å². The molecule has 0 amide bonds. The maximum Gasteiger partial charge on any atom is 0.163 e. The van der Waals surface area contributed by atoms with Gasteiger partial charge in [0.25, 0.3) is 0 Å². The Hall–Kier alpha value is -1.59. The quantitative estimate of drug-likeness (QED) is 0.488. The number of hydrogen-bond donors (Lipinski definition) is 0. The second-order valence-corrected chi connectivity index (χ2v) is 6.38. The molecule has 6 nitrogen and oxygen atoms in total. The summed E-state index contributed by atoms with van der Waals surface area (Å²) in [7, 11) is 0. The number of benzene rings is 1. The molecule has 22 heavy (non-hydrogen) atoms. The van der Waals surface area contributed by atoms with Crippen LogP contribution < -0.4 is 0 Å². The van der Waals surface area contributed by atoms with Gasteiger partial charge in [-0.1, -0.05) is 29.4 Å². The van der Waals surface area contributed by atoms with Gasteiger partial charge in [0.15, 0.2) is 5.79 Å². The Balaban J connectivity index is 1.66. The molecule has 2 aliphatic heterocycles. The summed E-state index contributed by atoms with van der Waals surface area (Å²) in [6.45, 7) is 6.87. The average molecular weight is 302 g/mol. The Kier molecular flexibility index (Phi) is 4.36. The lowest BCUT2D eigenvalue weighted by Gasteiger charge is -2.31. The van der Waals surface area contributed by atoms with Crippen LogP contribution in [0.5, 0.6) is 0 Å². The highest BCUT2D eigenvalue weighted by molar-refractivity contribution is 5.29. The monoisotopic (exact) mass is 302 g/mol. The Labute approximate surface area is 130 Å². The molecule has 0 aromatic heterocycles. The molecule has 6 heteroatoms. The van der Waals surface area contributed by atoms with Crippen LogP contribution in [0.1, 0.15) is 25.0 Å². The Morgan fingerprint density at radius 2 is 2.00 bits per heavy atom. The van der Waals surface area contributed by atoms with Crippen molar-refractivity contribution < 1.29 is 9.47 Å². The third kappa shape index (κ3) is 3.42. The van der Waals surface area contributed by atoms with Gasteiger partial charge in [0.1, 0.15) is 0 Å². The van der Waals surface area contributed by atoms with Crippen LogP contribution in [0.4, 0.5) is 0 Å². The fraction of sp³-hybridized carbons (Fsp3) is 0.625. The molecule has 0 unspecified atom stereocenters. The van der Waals surface area contributed by atoms with E-state index in [1.807, 2.05) is 13.8 Å². The van der Waals surface area contributed by atoms with Gasteiger partial charge in [0, 0.05) is 24.5 Å². The van der Waals surface area contributed by atoms with Gasteiger partial charge in [-0.3, -0.25) is 4.90 Å². The molecule has 2 aliphatic rings. The summed E-state index contributed by atoms with van der Waals surface area (Å²) in [5, 5.41) is 3.66. The summed E-state index contributed by atoms with van der Waals surface area (Å²) >= 11 is 0. The number of ether oxygens (including phenoxy) is 2. The predicted molar refractivity (Wildman–Crippen MR) is 83.3 cm³/mol. The fourth-order valence-electron chi connectivity index (χ4n) is 3.30. The first-order valence-corrected chi connectivity index (χ1v) is 7.73. The maximum atomic E-state index is 8.53. The molecule has 2 heterocycles. The molecule has 3 rings (SSSR count). The molecule has 118 valence electrons. The van der Waals surface area contributed by atoms with Crippen molar-refractivity contribution >= 4 is 0 Å². The van der Waals surface area contributed by atoms with Crippen LogP contribution >= 0.6 is 0 Å². The lowest BCUT2D eigenvalue weighted by molar-refractivity contribution is -0.147. The molecule has 1 saturated heterocycles. The maximum absolute atomic E-state index is 8.53. The second-order valence-electron chi connectivity index (χ2n) is 6.38. The van der Waals surface area contributed by atoms with Crippen LogP contribution in [0.25, 0.3) is 10.4 Å². The van der Waals surface area contributed by atoms with Crippen molar-refractivity contribution in [2.45, 2.75) is 44.8 Å². The average Bonchev–Trinajstić information content (AvgIpc) is 2.79. The minimum absolute atomic E-state index is 0.0641. The van der Waals surface area contributed by atoms with Crippen LogP contribution in [0, 0.1) is 0 Å². The van der Waals surface area contributed by atoms with Crippen LogP contribution in [0.3, 0.4) is 0 Å². The summed E-state index contributed by atoms with van der Waals surface area (Å²) in [4.78, 5) is 5.22. The number of nitrogens with zero attached hydrogens (tertiary/aromatic N) is 4. The van der Waals surface area contributed by atoms with Crippen LogP contribution in [-0.2, 0) is 22.4 Å². The first-order chi connectivity index (χ1) is 10.6. The summed E-state index contributed by atoms with van der Waals surface area (Å²) in [6, 6.07) is 8.58.